The molecule has 1 aliphatic carbocycles. The molecule has 2 N–H and O–H groups in total. The van der Waals surface area contributed by atoms with Gasteiger partial charge >= 0.3 is 0 Å². The summed E-state index contributed by atoms with van der Waals surface area (Å²) in [5, 5.41) is 12.6. The van der Waals surface area contributed by atoms with Gasteiger partial charge in [0.15, 0.2) is 0 Å². The molecule has 1 saturated carbocycles. The molecule has 4 nitrogen and oxygen atoms in total. The minimum Gasteiger partial charge on any atom is -0.396 e. The van der Waals surface area contributed by atoms with Crippen molar-refractivity contribution in [2.24, 2.45) is 5.41 Å². The van der Waals surface area contributed by atoms with Crippen LogP contribution in [0.1, 0.15) is 32.6 Å². The van der Waals surface area contributed by atoms with E-state index in [1.807, 2.05) is 0 Å². The van der Waals surface area contributed by atoms with E-state index in [1.54, 1.807) is 0 Å². The number of rotatable bonds is 9. The standard InChI is InChI=1S/C14H28N2O2/c1-2-16(7-3-8-17)11-14(6-9-18-12-14)10-15-13-4-5-13/h13,15,17H,2-12H2,1H3. The summed E-state index contributed by atoms with van der Waals surface area (Å²) in [6, 6.07) is 0.773. The molecule has 2 fully saturated rings. The Kier molecular flexibility index (Phi) is 5.42. The second kappa shape index (κ2) is 6.85. The van der Waals surface area contributed by atoms with Gasteiger partial charge in [-0.3, -0.25) is 0 Å². The van der Waals surface area contributed by atoms with Crippen molar-refractivity contribution in [3.05, 3.63) is 0 Å². The maximum absolute atomic E-state index is 8.96. The van der Waals surface area contributed by atoms with Gasteiger partial charge in [-0.1, -0.05) is 6.92 Å². The minimum atomic E-state index is 0.292. The summed E-state index contributed by atoms with van der Waals surface area (Å²) in [6.07, 6.45) is 4.74. The van der Waals surface area contributed by atoms with Gasteiger partial charge in [-0.05, 0) is 32.2 Å². The Labute approximate surface area is 111 Å². The maximum Gasteiger partial charge on any atom is 0.0547 e. The molecule has 18 heavy (non-hydrogen) atoms. The molecule has 106 valence electrons. The molecule has 2 rings (SSSR count). The molecule has 0 amide bonds. The van der Waals surface area contributed by atoms with Gasteiger partial charge in [-0.15, -0.1) is 0 Å². The first kappa shape index (κ1) is 14.3. The van der Waals surface area contributed by atoms with Crippen molar-refractivity contribution in [1.82, 2.24) is 10.2 Å². The topological polar surface area (TPSA) is 44.7 Å². The van der Waals surface area contributed by atoms with Crippen LogP contribution in [-0.2, 0) is 4.74 Å². The zero-order chi connectivity index (χ0) is 12.8. The highest BCUT2D eigenvalue weighted by Gasteiger charge is 2.37. The van der Waals surface area contributed by atoms with Crippen molar-refractivity contribution in [1.29, 1.82) is 0 Å². The molecule has 4 heteroatoms. The molecule has 1 atom stereocenters. The molecule has 0 radical (unpaired) electrons. The zero-order valence-electron chi connectivity index (χ0n) is 11.7. The molecule has 0 bridgehead atoms. The third-order valence-electron chi connectivity index (χ3n) is 4.17. The Balaban J connectivity index is 1.82. The number of hydrogen-bond acceptors (Lipinski definition) is 4. The van der Waals surface area contributed by atoms with Crippen molar-refractivity contribution in [3.8, 4) is 0 Å². The normalized spacial score (nSPS) is 28.2. The Hall–Kier alpha value is -0.160. The van der Waals surface area contributed by atoms with Crippen LogP contribution in [0.4, 0.5) is 0 Å². The smallest absolute Gasteiger partial charge is 0.0547 e. The van der Waals surface area contributed by atoms with Crippen LogP contribution in [0.15, 0.2) is 0 Å². The fourth-order valence-electron chi connectivity index (χ4n) is 2.74. The summed E-state index contributed by atoms with van der Waals surface area (Å²) in [5.41, 5.74) is 0.300. The van der Waals surface area contributed by atoms with Gasteiger partial charge in [0, 0.05) is 44.3 Å². The predicted molar refractivity (Wildman–Crippen MR) is 72.7 cm³/mol. The van der Waals surface area contributed by atoms with E-state index in [4.69, 9.17) is 9.84 Å². The molecule has 1 heterocycles. The Bertz CT molecular complexity index is 238. The van der Waals surface area contributed by atoms with Crippen LogP contribution < -0.4 is 5.32 Å². The fraction of sp³-hybridized carbons (Fsp3) is 1.00. The van der Waals surface area contributed by atoms with Crippen LogP contribution in [-0.4, -0.2) is 62.0 Å². The first-order valence-corrected chi connectivity index (χ1v) is 7.42. The lowest BCUT2D eigenvalue weighted by Crippen LogP contribution is -2.45. The Morgan fingerprint density at radius 1 is 1.44 bits per heavy atom. The van der Waals surface area contributed by atoms with Crippen molar-refractivity contribution in [2.45, 2.75) is 38.6 Å². The molecule has 1 unspecified atom stereocenters. The first-order chi connectivity index (χ1) is 8.78. The Morgan fingerprint density at radius 3 is 2.83 bits per heavy atom. The molecular weight excluding hydrogens is 228 g/mol. The molecule has 0 aromatic heterocycles. The molecule has 0 aromatic carbocycles. The second-order valence-corrected chi connectivity index (χ2v) is 5.90. The Morgan fingerprint density at radius 2 is 2.28 bits per heavy atom. The predicted octanol–water partition coefficient (Wildman–Crippen LogP) is 0.849. The van der Waals surface area contributed by atoms with Crippen molar-refractivity contribution >= 4 is 0 Å². The highest BCUT2D eigenvalue weighted by molar-refractivity contribution is 4.92. The lowest BCUT2D eigenvalue weighted by atomic mass is 9.86. The van der Waals surface area contributed by atoms with E-state index in [0.29, 0.717) is 12.0 Å². The van der Waals surface area contributed by atoms with Crippen LogP contribution >= 0.6 is 0 Å². The van der Waals surface area contributed by atoms with Crippen molar-refractivity contribution in [3.63, 3.8) is 0 Å². The van der Waals surface area contributed by atoms with Gasteiger partial charge in [0.1, 0.15) is 0 Å². The van der Waals surface area contributed by atoms with E-state index >= 15 is 0 Å². The van der Waals surface area contributed by atoms with Gasteiger partial charge in [0.25, 0.3) is 0 Å². The van der Waals surface area contributed by atoms with Crippen LogP contribution in [0.2, 0.25) is 0 Å². The summed E-state index contributed by atoms with van der Waals surface area (Å²) in [6.45, 7) is 8.54. The fourth-order valence-corrected chi connectivity index (χ4v) is 2.74. The highest BCUT2D eigenvalue weighted by atomic mass is 16.5. The van der Waals surface area contributed by atoms with E-state index in [0.717, 1.165) is 51.9 Å². The molecular formula is C14H28N2O2. The lowest BCUT2D eigenvalue weighted by molar-refractivity contribution is 0.106. The van der Waals surface area contributed by atoms with Crippen LogP contribution in [0.25, 0.3) is 0 Å². The van der Waals surface area contributed by atoms with E-state index in [2.05, 4.69) is 17.1 Å². The number of ether oxygens (including phenoxy) is 1. The number of nitrogens with one attached hydrogen (secondary N) is 1. The average molecular weight is 256 g/mol. The van der Waals surface area contributed by atoms with Gasteiger partial charge < -0.3 is 20.1 Å². The summed E-state index contributed by atoms with van der Waals surface area (Å²) in [4.78, 5) is 2.46. The highest BCUT2D eigenvalue weighted by Crippen LogP contribution is 2.31. The number of aliphatic hydroxyl groups excluding tert-OH is 1. The molecule has 1 aliphatic heterocycles. The van der Waals surface area contributed by atoms with E-state index in [1.165, 1.54) is 19.3 Å². The third-order valence-corrected chi connectivity index (χ3v) is 4.17. The van der Waals surface area contributed by atoms with Gasteiger partial charge in [0.2, 0.25) is 0 Å². The number of aliphatic hydroxyl groups is 1. The lowest BCUT2D eigenvalue weighted by Gasteiger charge is -2.34. The SMILES string of the molecule is CCN(CCCO)CC1(CNC2CC2)CCOC1. The quantitative estimate of drug-likeness (QED) is 0.642. The number of hydrogen-bond donors (Lipinski definition) is 2. The molecule has 0 spiro atoms. The van der Waals surface area contributed by atoms with Gasteiger partial charge in [-0.2, -0.15) is 0 Å². The van der Waals surface area contributed by atoms with E-state index in [-0.39, 0.29) is 0 Å². The monoisotopic (exact) mass is 256 g/mol. The van der Waals surface area contributed by atoms with Crippen LogP contribution in [0.5, 0.6) is 0 Å². The maximum atomic E-state index is 8.96. The summed E-state index contributed by atoms with van der Waals surface area (Å²) in [7, 11) is 0. The van der Waals surface area contributed by atoms with Gasteiger partial charge in [-0.25, -0.2) is 0 Å². The van der Waals surface area contributed by atoms with Crippen molar-refractivity contribution < 1.29 is 9.84 Å². The molecule has 2 aliphatic rings. The average Bonchev–Trinajstić information content (AvgIpc) is 3.12. The largest absolute Gasteiger partial charge is 0.396 e. The summed E-state index contributed by atoms with van der Waals surface area (Å²) < 4.78 is 5.65. The third kappa shape index (κ3) is 4.19. The molecule has 0 aromatic rings. The first-order valence-electron chi connectivity index (χ1n) is 7.42. The number of nitrogens with zero attached hydrogens (tertiary/aromatic N) is 1. The van der Waals surface area contributed by atoms with Crippen LogP contribution in [0.3, 0.4) is 0 Å². The zero-order valence-corrected chi connectivity index (χ0v) is 11.7. The summed E-state index contributed by atoms with van der Waals surface area (Å²) >= 11 is 0. The second-order valence-electron chi connectivity index (χ2n) is 5.90. The molecule has 1 saturated heterocycles. The minimum absolute atomic E-state index is 0.292. The van der Waals surface area contributed by atoms with Crippen molar-refractivity contribution in [2.75, 3.05) is 46.0 Å². The van der Waals surface area contributed by atoms with Crippen LogP contribution in [0, 0.1) is 5.41 Å². The van der Waals surface area contributed by atoms with E-state index < -0.39 is 0 Å². The van der Waals surface area contributed by atoms with Gasteiger partial charge in [0.05, 0.1) is 6.61 Å². The van der Waals surface area contributed by atoms with E-state index in [9.17, 15) is 0 Å². The summed E-state index contributed by atoms with van der Waals surface area (Å²) in [5.74, 6) is 0.